The second kappa shape index (κ2) is 8.99. The van der Waals surface area contributed by atoms with Crippen LogP contribution in [0.2, 0.25) is 0 Å². The molecular weight excluding hydrogens is 304 g/mol. The zero-order valence-corrected chi connectivity index (χ0v) is 15.0. The van der Waals surface area contributed by atoms with Gasteiger partial charge in [0.1, 0.15) is 5.82 Å². The highest BCUT2D eigenvalue weighted by Gasteiger charge is 2.19. The molecule has 1 unspecified atom stereocenters. The van der Waals surface area contributed by atoms with Gasteiger partial charge < -0.3 is 20.6 Å². The minimum atomic E-state index is -0.555. The van der Waals surface area contributed by atoms with Crippen LogP contribution >= 0.6 is 0 Å². The van der Waals surface area contributed by atoms with Crippen LogP contribution in [-0.2, 0) is 0 Å². The number of rotatable bonds is 7. The van der Waals surface area contributed by atoms with Crippen LogP contribution in [0.4, 0.5) is 5.82 Å². The Morgan fingerprint density at radius 1 is 1.42 bits per heavy atom. The van der Waals surface area contributed by atoms with Crippen LogP contribution in [0.5, 0.6) is 0 Å². The number of carbonyl (C=O) groups is 1. The number of nitrogens with zero attached hydrogens (tertiary/aromatic N) is 2. The molecule has 3 N–H and O–H groups in total. The first kappa shape index (κ1) is 18.7. The van der Waals surface area contributed by atoms with Gasteiger partial charge >= 0.3 is 0 Å². The maximum Gasteiger partial charge on any atom is 0.255 e. The van der Waals surface area contributed by atoms with Crippen LogP contribution in [0, 0.1) is 5.92 Å². The summed E-state index contributed by atoms with van der Waals surface area (Å²) in [5.74, 6) is 1.14. The van der Waals surface area contributed by atoms with Gasteiger partial charge in [-0.15, -0.1) is 0 Å². The van der Waals surface area contributed by atoms with Crippen LogP contribution in [0.25, 0.3) is 0 Å². The van der Waals surface area contributed by atoms with Gasteiger partial charge in [-0.3, -0.25) is 4.79 Å². The molecule has 1 aromatic rings. The Morgan fingerprint density at radius 2 is 2.12 bits per heavy atom. The van der Waals surface area contributed by atoms with E-state index < -0.39 is 6.10 Å². The van der Waals surface area contributed by atoms with Crippen molar-refractivity contribution >= 4 is 11.7 Å². The van der Waals surface area contributed by atoms with Crippen molar-refractivity contribution in [3.63, 3.8) is 0 Å². The number of aromatic nitrogens is 1. The lowest BCUT2D eigenvalue weighted by Crippen LogP contribution is -2.43. The molecule has 1 fully saturated rings. The fourth-order valence-electron chi connectivity index (χ4n) is 2.89. The standard InChI is InChI=1S/C18H30N4O2/c1-13(2)21-17-16(5-4-8-19-17)18(24)20-11-15(23)12-22-9-6-14(3)7-10-22/h4-5,8,13-15,23H,6-7,9-12H2,1-3H3,(H,19,21)(H,20,24). The van der Waals surface area contributed by atoms with Gasteiger partial charge in [0, 0.05) is 25.3 Å². The van der Waals surface area contributed by atoms with E-state index in [9.17, 15) is 9.90 Å². The van der Waals surface area contributed by atoms with Crippen molar-refractivity contribution in [3.8, 4) is 0 Å². The number of carbonyl (C=O) groups excluding carboxylic acids is 1. The van der Waals surface area contributed by atoms with Crippen molar-refractivity contribution < 1.29 is 9.90 Å². The molecule has 0 aromatic carbocycles. The molecule has 0 radical (unpaired) electrons. The number of anilines is 1. The molecular formula is C18H30N4O2. The summed E-state index contributed by atoms with van der Waals surface area (Å²) in [5, 5.41) is 16.2. The van der Waals surface area contributed by atoms with E-state index in [1.807, 2.05) is 13.8 Å². The van der Waals surface area contributed by atoms with Crippen LogP contribution < -0.4 is 10.6 Å². The Balaban J connectivity index is 1.82. The molecule has 134 valence electrons. The van der Waals surface area contributed by atoms with Gasteiger partial charge in [-0.05, 0) is 57.8 Å². The number of piperidine rings is 1. The molecule has 1 saturated heterocycles. The summed E-state index contributed by atoms with van der Waals surface area (Å²) in [6.07, 6.45) is 3.46. The lowest BCUT2D eigenvalue weighted by Gasteiger charge is -2.31. The molecule has 0 aliphatic carbocycles. The average Bonchev–Trinajstić information content (AvgIpc) is 2.55. The second-order valence-corrected chi connectivity index (χ2v) is 7.05. The minimum absolute atomic E-state index is 0.193. The van der Waals surface area contributed by atoms with Gasteiger partial charge in [-0.1, -0.05) is 6.92 Å². The van der Waals surface area contributed by atoms with E-state index in [1.165, 1.54) is 12.8 Å². The van der Waals surface area contributed by atoms with Gasteiger partial charge in [0.05, 0.1) is 11.7 Å². The Morgan fingerprint density at radius 3 is 2.79 bits per heavy atom. The number of β-amino-alcohol motifs (C(OH)–C–C–N with tert-alkyl or cyclic N) is 1. The van der Waals surface area contributed by atoms with Crippen molar-refractivity contribution in [2.24, 2.45) is 5.92 Å². The third-order valence-corrected chi connectivity index (χ3v) is 4.32. The maximum atomic E-state index is 12.4. The third kappa shape index (κ3) is 5.76. The predicted molar refractivity (Wildman–Crippen MR) is 96.2 cm³/mol. The number of likely N-dealkylation sites (tertiary alicyclic amines) is 1. The van der Waals surface area contributed by atoms with Crippen LogP contribution in [0.3, 0.4) is 0 Å². The quantitative estimate of drug-likeness (QED) is 0.708. The largest absolute Gasteiger partial charge is 0.390 e. The summed E-state index contributed by atoms with van der Waals surface area (Å²) in [6.45, 7) is 9.18. The van der Waals surface area contributed by atoms with E-state index in [0.29, 0.717) is 17.9 Å². The highest BCUT2D eigenvalue weighted by molar-refractivity contribution is 5.98. The van der Waals surface area contributed by atoms with Crippen molar-refractivity contribution in [3.05, 3.63) is 23.9 Å². The fourth-order valence-corrected chi connectivity index (χ4v) is 2.89. The normalized spacial score (nSPS) is 17.7. The highest BCUT2D eigenvalue weighted by atomic mass is 16.3. The van der Waals surface area contributed by atoms with Gasteiger partial charge in [0.15, 0.2) is 0 Å². The van der Waals surface area contributed by atoms with E-state index in [4.69, 9.17) is 0 Å². The van der Waals surface area contributed by atoms with Crippen molar-refractivity contribution in [1.82, 2.24) is 15.2 Å². The number of nitrogens with one attached hydrogen (secondary N) is 2. The van der Waals surface area contributed by atoms with Crippen LogP contribution in [0.1, 0.15) is 44.0 Å². The first-order chi connectivity index (χ1) is 11.5. The summed E-state index contributed by atoms with van der Waals surface area (Å²) >= 11 is 0. The lowest BCUT2D eigenvalue weighted by atomic mass is 9.99. The number of hydrogen-bond donors (Lipinski definition) is 3. The van der Waals surface area contributed by atoms with Crippen LogP contribution in [-0.4, -0.2) is 59.2 Å². The summed E-state index contributed by atoms with van der Waals surface area (Å²) in [7, 11) is 0. The summed E-state index contributed by atoms with van der Waals surface area (Å²) in [5.41, 5.74) is 0.505. The van der Waals surface area contributed by atoms with Crippen molar-refractivity contribution in [2.75, 3.05) is 31.5 Å². The SMILES string of the molecule is CC1CCN(CC(O)CNC(=O)c2cccnc2NC(C)C)CC1. The molecule has 1 amide bonds. The molecule has 2 rings (SSSR count). The highest BCUT2D eigenvalue weighted by Crippen LogP contribution is 2.16. The molecule has 0 bridgehead atoms. The molecule has 1 atom stereocenters. The zero-order chi connectivity index (χ0) is 17.5. The zero-order valence-electron chi connectivity index (χ0n) is 15.0. The van der Waals surface area contributed by atoms with Gasteiger partial charge in [-0.25, -0.2) is 4.98 Å². The number of aliphatic hydroxyl groups excluding tert-OH is 1. The van der Waals surface area contributed by atoms with Crippen LogP contribution in [0.15, 0.2) is 18.3 Å². The van der Waals surface area contributed by atoms with Gasteiger partial charge in [0.2, 0.25) is 0 Å². The molecule has 1 aromatic heterocycles. The van der Waals surface area contributed by atoms with Crippen molar-refractivity contribution in [1.29, 1.82) is 0 Å². The summed E-state index contributed by atoms with van der Waals surface area (Å²) in [4.78, 5) is 18.9. The monoisotopic (exact) mass is 334 g/mol. The summed E-state index contributed by atoms with van der Waals surface area (Å²) < 4.78 is 0. The van der Waals surface area contributed by atoms with Gasteiger partial charge in [0.25, 0.3) is 5.91 Å². The number of pyridine rings is 1. The molecule has 6 heteroatoms. The second-order valence-electron chi connectivity index (χ2n) is 7.05. The minimum Gasteiger partial charge on any atom is -0.390 e. The molecule has 0 saturated carbocycles. The number of hydrogen-bond acceptors (Lipinski definition) is 5. The first-order valence-electron chi connectivity index (χ1n) is 8.86. The van der Waals surface area contributed by atoms with Gasteiger partial charge in [-0.2, -0.15) is 0 Å². The van der Waals surface area contributed by atoms with Crippen molar-refractivity contribution in [2.45, 2.75) is 45.8 Å². The first-order valence-corrected chi connectivity index (χ1v) is 8.86. The average molecular weight is 334 g/mol. The van der Waals surface area contributed by atoms with E-state index in [2.05, 4.69) is 27.4 Å². The lowest BCUT2D eigenvalue weighted by molar-refractivity contribution is 0.0795. The Bertz CT molecular complexity index is 528. The Hall–Kier alpha value is -1.66. The topological polar surface area (TPSA) is 77.5 Å². The molecule has 1 aliphatic rings. The molecule has 6 nitrogen and oxygen atoms in total. The summed E-state index contributed by atoms with van der Waals surface area (Å²) in [6, 6.07) is 3.68. The molecule has 24 heavy (non-hydrogen) atoms. The van der Waals surface area contributed by atoms with E-state index in [-0.39, 0.29) is 18.5 Å². The number of aliphatic hydroxyl groups is 1. The Kier molecular flexibility index (Phi) is 6.99. The molecule has 1 aliphatic heterocycles. The smallest absolute Gasteiger partial charge is 0.255 e. The molecule has 2 heterocycles. The predicted octanol–water partition coefficient (Wildman–Crippen LogP) is 1.72. The van der Waals surface area contributed by atoms with E-state index in [1.54, 1.807) is 18.3 Å². The maximum absolute atomic E-state index is 12.4. The van der Waals surface area contributed by atoms with E-state index >= 15 is 0 Å². The van der Waals surface area contributed by atoms with E-state index in [0.717, 1.165) is 19.0 Å². The molecule has 0 spiro atoms. The Labute approximate surface area is 144 Å². The third-order valence-electron chi connectivity index (χ3n) is 4.32. The number of amides is 1. The fraction of sp³-hybridized carbons (Fsp3) is 0.667.